The summed E-state index contributed by atoms with van der Waals surface area (Å²) >= 11 is 9.83. The first-order valence-corrected chi connectivity index (χ1v) is 5.93. The lowest BCUT2D eigenvalue weighted by Gasteiger charge is -2.07. The first-order chi connectivity index (χ1) is 8.59. The van der Waals surface area contributed by atoms with Gasteiger partial charge in [-0.15, -0.1) is 0 Å². The van der Waals surface area contributed by atoms with Crippen molar-refractivity contribution in [3.63, 3.8) is 0 Å². The lowest BCUT2D eigenvalue weighted by molar-refractivity contribution is 1.16. The molecule has 0 amide bonds. The van der Waals surface area contributed by atoms with Crippen LogP contribution in [0, 0.1) is 0 Å². The van der Waals surface area contributed by atoms with E-state index in [0.717, 1.165) is 5.56 Å². The Balaban J connectivity index is 2.57. The highest BCUT2D eigenvalue weighted by molar-refractivity contribution is 7.81. The van der Waals surface area contributed by atoms with Gasteiger partial charge in [0.05, 0.1) is 11.9 Å². The van der Waals surface area contributed by atoms with E-state index in [0.29, 0.717) is 17.1 Å². The Morgan fingerprint density at radius 1 is 0.944 bits per heavy atom. The quantitative estimate of drug-likeness (QED) is 0.824. The molecular formula is C12H10N4S2. The minimum absolute atomic E-state index is 0.128. The van der Waals surface area contributed by atoms with Crippen molar-refractivity contribution in [3.05, 3.63) is 47.9 Å². The van der Waals surface area contributed by atoms with Crippen LogP contribution < -0.4 is 11.5 Å². The van der Waals surface area contributed by atoms with Gasteiger partial charge in [-0.2, -0.15) is 0 Å². The van der Waals surface area contributed by atoms with Gasteiger partial charge >= 0.3 is 0 Å². The standard InChI is InChI=1S/C12H10N4S2/c13-11(17)9-10(12(14)18)16-8(6-15-9)7-4-2-1-3-5-7/h1-6H,(H2,13,17)(H2,14,18). The lowest BCUT2D eigenvalue weighted by atomic mass is 10.1. The van der Waals surface area contributed by atoms with Crippen LogP contribution in [0.2, 0.25) is 0 Å². The number of nitrogens with two attached hydrogens (primary N) is 2. The van der Waals surface area contributed by atoms with Gasteiger partial charge in [0.15, 0.2) is 0 Å². The molecule has 0 spiro atoms. The van der Waals surface area contributed by atoms with E-state index in [9.17, 15) is 0 Å². The van der Waals surface area contributed by atoms with Crippen molar-refractivity contribution in [2.24, 2.45) is 11.5 Å². The Labute approximate surface area is 115 Å². The zero-order valence-electron chi connectivity index (χ0n) is 9.33. The molecule has 1 aromatic carbocycles. The van der Waals surface area contributed by atoms with Crippen LogP contribution in [0.1, 0.15) is 11.4 Å². The normalized spacial score (nSPS) is 10.0. The minimum atomic E-state index is 0.128. The van der Waals surface area contributed by atoms with Crippen molar-refractivity contribution < 1.29 is 0 Å². The third-order valence-electron chi connectivity index (χ3n) is 2.31. The SMILES string of the molecule is NC(=S)c1ncc(-c2ccccc2)nc1C(N)=S. The maximum Gasteiger partial charge on any atom is 0.126 e. The first kappa shape index (κ1) is 12.5. The van der Waals surface area contributed by atoms with E-state index in [1.165, 1.54) is 0 Å². The topological polar surface area (TPSA) is 77.8 Å². The van der Waals surface area contributed by atoms with E-state index in [1.807, 2.05) is 30.3 Å². The van der Waals surface area contributed by atoms with Gasteiger partial charge in [-0.1, -0.05) is 54.8 Å². The number of benzene rings is 1. The van der Waals surface area contributed by atoms with Crippen LogP contribution in [0.5, 0.6) is 0 Å². The van der Waals surface area contributed by atoms with Gasteiger partial charge in [-0.05, 0) is 0 Å². The summed E-state index contributed by atoms with van der Waals surface area (Å²) in [6.45, 7) is 0. The van der Waals surface area contributed by atoms with Gasteiger partial charge < -0.3 is 11.5 Å². The third-order valence-corrected chi connectivity index (χ3v) is 2.70. The molecule has 0 fully saturated rings. The predicted molar refractivity (Wildman–Crippen MR) is 79.2 cm³/mol. The molecule has 0 saturated carbocycles. The van der Waals surface area contributed by atoms with Crippen LogP contribution in [-0.4, -0.2) is 19.9 Å². The summed E-state index contributed by atoms with van der Waals surface area (Å²) in [4.78, 5) is 8.80. The molecule has 4 nitrogen and oxygen atoms in total. The van der Waals surface area contributed by atoms with Crippen molar-refractivity contribution in [2.45, 2.75) is 0 Å². The summed E-state index contributed by atoms with van der Waals surface area (Å²) < 4.78 is 0. The number of aromatic nitrogens is 2. The average molecular weight is 274 g/mol. The van der Waals surface area contributed by atoms with E-state index in [4.69, 9.17) is 35.9 Å². The fourth-order valence-electron chi connectivity index (χ4n) is 1.49. The maximum atomic E-state index is 5.61. The molecule has 1 aromatic heterocycles. The summed E-state index contributed by atoms with van der Waals surface area (Å²) in [5.74, 6) is 0. The van der Waals surface area contributed by atoms with Crippen molar-refractivity contribution in [1.29, 1.82) is 0 Å². The molecule has 0 aliphatic rings. The van der Waals surface area contributed by atoms with E-state index in [-0.39, 0.29) is 9.98 Å². The molecule has 6 heteroatoms. The highest BCUT2D eigenvalue weighted by atomic mass is 32.1. The van der Waals surface area contributed by atoms with Crippen molar-refractivity contribution in [1.82, 2.24) is 9.97 Å². The van der Waals surface area contributed by atoms with Crippen LogP contribution in [0.15, 0.2) is 36.5 Å². The highest BCUT2D eigenvalue weighted by Crippen LogP contribution is 2.17. The second-order valence-electron chi connectivity index (χ2n) is 3.55. The molecule has 1 heterocycles. The molecule has 0 radical (unpaired) electrons. The fraction of sp³-hybridized carbons (Fsp3) is 0. The number of hydrogen-bond acceptors (Lipinski definition) is 4. The molecule has 0 atom stereocenters. The smallest absolute Gasteiger partial charge is 0.126 e. The second kappa shape index (κ2) is 5.16. The third kappa shape index (κ3) is 2.49. The number of thiocarbonyl (C=S) groups is 2. The van der Waals surface area contributed by atoms with Gasteiger partial charge in [-0.25, -0.2) is 9.97 Å². The van der Waals surface area contributed by atoms with Crippen LogP contribution in [0.3, 0.4) is 0 Å². The first-order valence-electron chi connectivity index (χ1n) is 5.11. The Kier molecular flexibility index (Phi) is 3.59. The highest BCUT2D eigenvalue weighted by Gasteiger charge is 2.13. The van der Waals surface area contributed by atoms with Gasteiger partial charge in [0.1, 0.15) is 21.4 Å². The van der Waals surface area contributed by atoms with E-state index in [1.54, 1.807) is 6.20 Å². The summed E-state index contributed by atoms with van der Waals surface area (Å²) in [7, 11) is 0. The van der Waals surface area contributed by atoms with Gasteiger partial charge in [-0.3, -0.25) is 0 Å². The van der Waals surface area contributed by atoms with Crippen molar-refractivity contribution >= 4 is 34.4 Å². The molecule has 0 aliphatic heterocycles. The fourth-order valence-corrected chi connectivity index (χ4v) is 1.78. The van der Waals surface area contributed by atoms with E-state index >= 15 is 0 Å². The average Bonchev–Trinajstić information content (AvgIpc) is 2.39. The second-order valence-corrected chi connectivity index (χ2v) is 4.43. The molecule has 0 saturated heterocycles. The number of hydrogen-bond donors (Lipinski definition) is 2. The van der Waals surface area contributed by atoms with Gasteiger partial charge in [0.25, 0.3) is 0 Å². The predicted octanol–water partition coefficient (Wildman–Crippen LogP) is 1.41. The maximum absolute atomic E-state index is 5.61. The van der Waals surface area contributed by atoms with E-state index in [2.05, 4.69) is 9.97 Å². The Morgan fingerprint density at radius 3 is 2.11 bits per heavy atom. The molecule has 18 heavy (non-hydrogen) atoms. The Bertz CT molecular complexity index is 611. The van der Waals surface area contributed by atoms with Gasteiger partial charge in [0.2, 0.25) is 0 Å². The molecule has 2 rings (SSSR count). The molecule has 90 valence electrons. The van der Waals surface area contributed by atoms with Crippen LogP contribution >= 0.6 is 24.4 Å². The van der Waals surface area contributed by atoms with Crippen molar-refractivity contribution in [3.8, 4) is 11.3 Å². The van der Waals surface area contributed by atoms with Crippen LogP contribution in [0.25, 0.3) is 11.3 Å². The zero-order valence-corrected chi connectivity index (χ0v) is 11.0. The van der Waals surface area contributed by atoms with Crippen molar-refractivity contribution in [2.75, 3.05) is 0 Å². The molecule has 2 aromatic rings. The Morgan fingerprint density at radius 2 is 1.56 bits per heavy atom. The van der Waals surface area contributed by atoms with Crippen LogP contribution in [0.4, 0.5) is 0 Å². The number of nitrogens with zero attached hydrogens (tertiary/aromatic N) is 2. The summed E-state index contributed by atoms with van der Waals surface area (Å²) in [6.07, 6.45) is 1.60. The number of rotatable bonds is 3. The lowest BCUT2D eigenvalue weighted by Crippen LogP contribution is -2.22. The van der Waals surface area contributed by atoms with Gasteiger partial charge in [0, 0.05) is 5.56 Å². The molecule has 4 N–H and O–H groups in total. The summed E-state index contributed by atoms with van der Waals surface area (Å²) in [6, 6.07) is 9.61. The summed E-state index contributed by atoms with van der Waals surface area (Å²) in [5, 5.41) is 0. The minimum Gasteiger partial charge on any atom is -0.388 e. The van der Waals surface area contributed by atoms with E-state index < -0.39 is 0 Å². The zero-order chi connectivity index (χ0) is 13.1. The Hall–Kier alpha value is -1.92. The summed E-state index contributed by atoms with van der Waals surface area (Å²) in [5.41, 5.74) is 13.5. The van der Waals surface area contributed by atoms with Crippen LogP contribution in [-0.2, 0) is 0 Å². The molecule has 0 bridgehead atoms. The molecule has 0 unspecified atom stereocenters. The largest absolute Gasteiger partial charge is 0.388 e. The monoisotopic (exact) mass is 274 g/mol. The molecular weight excluding hydrogens is 264 g/mol. The molecule has 0 aliphatic carbocycles.